The fourth-order valence-electron chi connectivity index (χ4n) is 3.50. The lowest BCUT2D eigenvalue weighted by molar-refractivity contribution is 0.0750. The molecular formula is C21H32N4O3. The molecule has 0 spiro atoms. The maximum absolute atomic E-state index is 12.8. The van der Waals surface area contributed by atoms with E-state index in [0.29, 0.717) is 26.1 Å². The molecule has 1 N–H and O–H groups in total. The zero-order valence-corrected chi connectivity index (χ0v) is 16.7. The summed E-state index contributed by atoms with van der Waals surface area (Å²) in [5, 5.41) is 12.6. The molecule has 0 aromatic heterocycles. The Morgan fingerprint density at radius 2 is 1.93 bits per heavy atom. The number of amides is 1. The zero-order valence-electron chi connectivity index (χ0n) is 16.7. The van der Waals surface area contributed by atoms with E-state index in [9.17, 15) is 4.79 Å². The van der Waals surface area contributed by atoms with E-state index >= 15 is 0 Å². The molecule has 7 nitrogen and oxygen atoms in total. The summed E-state index contributed by atoms with van der Waals surface area (Å²) >= 11 is 0. The average Bonchev–Trinajstić information content (AvgIpc) is 2.86. The lowest BCUT2D eigenvalue weighted by Crippen LogP contribution is -2.32. The molecule has 0 unspecified atom stereocenters. The van der Waals surface area contributed by atoms with Gasteiger partial charge in [0.25, 0.3) is 5.91 Å². The molecule has 0 aliphatic carbocycles. The molecule has 1 aromatic carbocycles. The summed E-state index contributed by atoms with van der Waals surface area (Å²) in [6, 6.07) is 5.86. The number of aliphatic hydroxyl groups is 1. The number of fused-ring (bicyclic) bond motifs is 1. The molecule has 2 rings (SSSR count). The van der Waals surface area contributed by atoms with Crippen molar-refractivity contribution in [1.29, 1.82) is 0 Å². The van der Waals surface area contributed by atoms with Crippen molar-refractivity contribution < 1.29 is 14.6 Å². The van der Waals surface area contributed by atoms with E-state index in [1.165, 1.54) is 0 Å². The van der Waals surface area contributed by atoms with Crippen LogP contribution < -0.4 is 4.74 Å². The summed E-state index contributed by atoms with van der Waals surface area (Å²) in [5.41, 5.74) is 10.0. The Morgan fingerprint density at radius 1 is 1.14 bits per heavy atom. The van der Waals surface area contributed by atoms with Gasteiger partial charge in [-0.3, -0.25) is 4.79 Å². The Kier molecular flexibility index (Phi) is 10.3. The highest BCUT2D eigenvalue weighted by atomic mass is 16.5. The fourth-order valence-corrected chi connectivity index (χ4v) is 3.50. The van der Waals surface area contributed by atoms with Crippen LogP contribution in [0.5, 0.6) is 5.75 Å². The molecule has 1 amide bonds. The minimum absolute atomic E-state index is 0.0483. The average molecular weight is 389 g/mol. The highest BCUT2D eigenvalue weighted by Crippen LogP contribution is 2.24. The van der Waals surface area contributed by atoms with Crippen molar-refractivity contribution in [2.45, 2.75) is 57.8 Å². The van der Waals surface area contributed by atoms with Crippen molar-refractivity contribution in [2.24, 2.45) is 5.11 Å². The molecule has 0 saturated carbocycles. The SMILES string of the molecule is [N-]=[N+]=NCCCCCCCCOc1ccc2c(c1)C(=O)N(CCCO)CCC2. The van der Waals surface area contributed by atoms with Gasteiger partial charge in [0.15, 0.2) is 0 Å². The molecule has 1 heterocycles. The first-order chi connectivity index (χ1) is 13.8. The van der Waals surface area contributed by atoms with Crippen LogP contribution in [-0.4, -0.2) is 48.8 Å². The van der Waals surface area contributed by atoms with Crippen molar-refractivity contribution in [3.8, 4) is 5.75 Å². The largest absolute Gasteiger partial charge is 0.494 e. The molecule has 7 heteroatoms. The number of ether oxygens (including phenoxy) is 1. The van der Waals surface area contributed by atoms with Gasteiger partial charge in [-0.1, -0.05) is 36.9 Å². The molecule has 28 heavy (non-hydrogen) atoms. The van der Waals surface area contributed by atoms with Gasteiger partial charge >= 0.3 is 0 Å². The van der Waals surface area contributed by atoms with Crippen LogP contribution in [-0.2, 0) is 6.42 Å². The number of hydrogen-bond donors (Lipinski definition) is 1. The normalized spacial score (nSPS) is 13.6. The zero-order chi connectivity index (χ0) is 20.0. The molecule has 0 fully saturated rings. The number of aryl methyl sites for hydroxylation is 1. The summed E-state index contributed by atoms with van der Waals surface area (Å²) in [7, 11) is 0. The van der Waals surface area contributed by atoms with Crippen LogP contribution in [0.3, 0.4) is 0 Å². The number of aliphatic hydroxyl groups excluding tert-OH is 1. The number of azide groups is 1. The summed E-state index contributed by atoms with van der Waals surface area (Å²) < 4.78 is 5.87. The molecule has 1 aliphatic rings. The van der Waals surface area contributed by atoms with E-state index in [2.05, 4.69) is 10.0 Å². The Bertz CT molecular complexity index is 657. The number of carbonyl (C=O) groups is 1. The van der Waals surface area contributed by atoms with Crippen molar-refractivity contribution >= 4 is 5.91 Å². The third-order valence-corrected chi connectivity index (χ3v) is 5.04. The van der Waals surface area contributed by atoms with Crippen molar-refractivity contribution in [3.05, 3.63) is 39.8 Å². The van der Waals surface area contributed by atoms with Crippen molar-refractivity contribution in [1.82, 2.24) is 4.90 Å². The molecular weight excluding hydrogens is 356 g/mol. The van der Waals surface area contributed by atoms with Gasteiger partial charge in [-0.2, -0.15) is 0 Å². The van der Waals surface area contributed by atoms with Crippen LogP contribution >= 0.6 is 0 Å². The van der Waals surface area contributed by atoms with E-state index in [1.54, 1.807) is 0 Å². The lowest BCUT2D eigenvalue weighted by atomic mass is 10.0. The van der Waals surface area contributed by atoms with E-state index in [0.717, 1.165) is 74.8 Å². The highest BCUT2D eigenvalue weighted by molar-refractivity contribution is 5.96. The predicted octanol–water partition coefficient (Wildman–Crippen LogP) is 4.49. The Morgan fingerprint density at radius 3 is 2.71 bits per heavy atom. The van der Waals surface area contributed by atoms with Crippen LogP contribution in [0.4, 0.5) is 0 Å². The van der Waals surface area contributed by atoms with Gasteiger partial charge in [-0.25, -0.2) is 0 Å². The quantitative estimate of drug-likeness (QED) is 0.233. The first-order valence-corrected chi connectivity index (χ1v) is 10.4. The highest BCUT2D eigenvalue weighted by Gasteiger charge is 2.22. The number of nitrogens with zero attached hydrogens (tertiary/aromatic N) is 4. The van der Waals surface area contributed by atoms with Crippen molar-refractivity contribution in [3.63, 3.8) is 0 Å². The summed E-state index contributed by atoms with van der Waals surface area (Å²) in [4.78, 5) is 17.4. The van der Waals surface area contributed by atoms with Crippen LogP contribution in [0.25, 0.3) is 10.4 Å². The Hall–Kier alpha value is -2.24. The predicted molar refractivity (Wildman–Crippen MR) is 110 cm³/mol. The van der Waals surface area contributed by atoms with E-state index in [4.69, 9.17) is 15.4 Å². The van der Waals surface area contributed by atoms with Gasteiger partial charge in [0.1, 0.15) is 5.75 Å². The molecule has 154 valence electrons. The fraction of sp³-hybridized carbons (Fsp3) is 0.667. The van der Waals surface area contributed by atoms with Gasteiger partial charge in [0.2, 0.25) is 0 Å². The lowest BCUT2D eigenvalue weighted by Gasteiger charge is -2.20. The van der Waals surface area contributed by atoms with Crippen LogP contribution in [0.2, 0.25) is 0 Å². The molecule has 0 radical (unpaired) electrons. The number of hydrogen-bond acceptors (Lipinski definition) is 4. The maximum Gasteiger partial charge on any atom is 0.254 e. The van der Waals surface area contributed by atoms with Gasteiger partial charge in [0.05, 0.1) is 6.61 Å². The van der Waals surface area contributed by atoms with Gasteiger partial charge in [-0.15, -0.1) is 0 Å². The third-order valence-electron chi connectivity index (χ3n) is 5.04. The Labute approximate surface area is 167 Å². The number of unbranched alkanes of at least 4 members (excludes halogenated alkanes) is 5. The second kappa shape index (κ2) is 13.0. The minimum Gasteiger partial charge on any atom is -0.494 e. The standard InChI is InChI=1S/C21H32N4O3/c22-24-23-12-5-3-1-2-4-6-16-28-19-11-10-18-9-7-13-25(14-8-15-26)21(27)20(18)17-19/h10-11,17,26H,1-9,12-16H2. The molecule has 0 saturated heterocycles. The number of carbonyl (C=O) groups excluding carboxylic acids is 1. The summed E-state index contributed by atoms with van der Waals surface area (Å²) in [6.07, 6.45) is 8.93. The number of benzene rings is 1. The van der Waals surface area contributed by atoms with Crippen LogP contribution in [0.1, 0.15) is 67.3 Å². The first-order valence-electron chi connectivity index (χ1n) is 10.4. The first kappa shape index (κ1) is 22.1. The van der Waals surface area contributed by atoms with E-state index < -0.39 is 0 Å². The van der Waals surface area contributed by atoms with Crippen LogP contribution in [0.15, 0.2) is 23.3 Å². The molecule has 1 aromatic rings. The molecule has 0 atom stereocenters. The summed E-state index contributed by atoms with van der Waals surface area (Å²) in [5.74, 6) is 0.803. The smallest absolute Gasteiger partial charge is 0.254 e. The van der Waals surface area contributed by atoms with E-state index in [1.807, 2.05) is 23.1 Å². The van der Waals surface area contributed by atoms with E-state index in [-0.39, 0.29) is 12.5 Å². The van der Waals surface area contributed by atoms with Crippen molar-refractivity contribution in [2.75, 3.05) is 32.8 Å². The maximum atomic E-state index is 12.8. The van der Waals surface area contributed by atoms with Gasteiger partial charge in [0, 0.05) is 36.7 Å². The minimum atomic E-state index is 0.0483. The second-order valence-electron chi connectivity index (χ2n) is 7.22. The number of rotatable bonds is 13. The Balaban J connectivity index is 1.74. The third kappa shape index (κ3) is 7.41. The van der Waals surface area contributed by atoms with Crippen LogP contribution in [0, 0.1) is 0 Å². The molecule has 1 aliphatic heterocycles. The van der Waals surface area contributed by atoms with Gasteiger partial charge < -0.3 is 14.7 Å². The topological polar surface area (TPSA) is 98.5 Å². The second-order valence-corrected chi connectivity index (χ2v) is 7.22. The monoisotopic (exact) mass is 388 g/mol. The summed E-state index contributed by atoms with van der Waals surface area (Å²) in [6.45, 7) is 2.69. The molecule has 0 bridgehead atoms. The van der Waals surface area contributed by atoms with Gasteiger partial charge in [-0.05, 0) is 55.3 Å².